The Balaban J connectivity index is 3.19. The smallest absolute Gasteiger partial charge is 0.384 e. The second kappa shape index (κ2) is 5.22. The first-order valence-electron chi connectivity index (χ1n) is 4.97. The molecule has 0 heterocycles. The van der Waals surface area contributed by atoms with Crippen molar-refractivity contribution >= 4 is 17.3 Å². The Morgan fingerprint density at radius 3 is 2.47 bits per heavy atom. The van der Waals surface area contributed by atoms with Crippen molar-refractivity contribution in [2.24, 2.45) is 0 Å². The molecule has 0 fully saturated rings. The van der Waals surface area contributed by atoms with E-state index < -0.39 is 34.4 Å². The number of nitrogens with one attached hydrogen (secondary N) is 1. The van der Waals surface area contributed by atoms with Crippen LogP contribution in [0.3, 0.4) is 0 Å². The lowest BCUT2D eigenvalue weighted by molar-refractivity contribution is -0.388. The number of nitrogens with zero attached hydrogens (tertiary/aromatic N) is 1. The fourth-order valence-corrected chi connectivity index (χ4v) is 1.25. The van der Waals surface area contributed by atoms with Gasteiger partial charge in [0.1, 0.15) is 11.7 Å². The number of benzene rings is 1. The number of aliphatic hydroxyl groups excluding tert-OH is 1. The Hall–Kier alpha value is -2.16. The van der Waals surface area contributed by atoms with Crippen LogP contribution in [0.5, 0.6) is 0 Å². The highest BCUT2D eigenvalue weighted by Gasteiger charge is 2.38. The zero-order valence-corrected chi connectivity index (χ0v) is 9.56. The van der Waals surface area contributed by atoms with E-state index in [2.05, 4.69) is 0 Å². The van der Waals surface area contributed by atoms with Crippen LogP contribution >= 0.6 is 0 Å². The predicted octanol–water partition coefficient (Wildman–Crippen LogP) is 1.93. The molecule has 0 aliphatic carbocycles. The molecular weight excluding hydrogens is 269 g/mol. The average Bonchev–Trinajstić information content (AvgIpc) is 2.27. The van der Waals surface area contributed by atoms with Crippen LogP contribution in [0.15, 0.2) is 18.2 Å². The number of hydrogen-bond donors (Lipinski definition) is 2. The molecule has 1 aromatic carbocycles. The standard InChI is InChI=1S/C10H9F3N2O4/c1-5(16)9(17)14-6-2-3-8(15(18)19)7(4-6)10(11,12)13/h2-5,16H,1H3,(H,14,17). The number of halogens is 3. The third kappa shape index (κ3) is 3.65. The number of carbonyl (C=O) groups excluding carboxylic acids is 1. The molecule has 9 heteroatoms. The van der Waals surface area contributed by atoms with Gasteiger partial charge in [0.05, 0.1) is 4.92 Å². The highest BCUT2D eigenvalue weighted by atomic mass is 19.4. The highest BCUT2D eigenvalue weighted by Crippen LogP contribution is 2.37. The zero-order valence-electron chi connectivity index (χ0n) is 9.56. The van der Waals surface area contributed by atoms with Crippen LogP contribution in [-0.4, -0.2) is 22.0 Å². The van der Waals surface area contributed by atoms with E-state index in [4.69, 9.17) is 5.11 Å². The Kier molecular flexibility index (Phi) is 4.10. The topological polar surface area (TPSA) is 92.5 Å². The highest BCUT2D eigenvalue weighted by molar-refractivity contribution is 5.93. The van der Waals surface area contributed by atoms with Crippen LogP contribution in [0.2, 0.25) is 0 Å². The number of rotatable bonds is 3. The second-order valence-electron chi connectivity index (χ2n) is 3.65. The molecule has 0 aliphatic heterocycles. The summed E-state index contributed by atoms with van der Waals surface area (Å²) in [5.74, 6) is -0.915. The van der Waals surface area contributed by atoms with Gasteiger partial charge in [0.25, 0.3) is 11.6 Å². The Morgan fingerprint density at radius 2 is 2.05 bits per heavy atom. The van der Waals surface area contributed by atoms with Crippen LogP contribution in [-0.2, 0) is 11.0 Å². The maximum absolute atomic E-state index is 12.6. The van der Waals surface area contributed by atoms with Gasteiger partial charge < -0.3 is 10.4 Å². The number of anilines is 1. The van der Waals surface area contributed by atoms with Crippen molar-refractivity contribution < 1.29 is 28.0 Å². The maximum Gasteiger partial charge on any atom is 0.423 e. The van der Waals surface area contributed by atoms with Crippen molar-refractivity contribution in [3.8, 4) is 0 Å². The molecule has 0 saturated carbocycles. The summed E-state index contributed by atoms with van der Waals surface area (Å²) in [7, 11) is 0. The van der Waals surface area contributed by atoms with Gasteiger partial charge in [-0.2, -0.15) is 13.2 Å². The van der Waals surface area contributed by atoms with E-state index in [1.54, 1.807) is 0 Å². The zero-order chi connectivity index (χ0) is 14.8. The van der Waals surface area contributed by atoms with Crippen molar-refractivity contribution in [3.63, 3.8) is 0 Å². The first kappa shape index (κ1) is 14.9. The lowest BCUT2D eigenvalue weighted by atomic mass is 10.1. The summed E-state index contributed by atoms with van der Waals surface area (Å²) in [6, 6.07) is 2.03. The van der Waals surface area contributed by atoms with Crippen LogP contribution < -0.4 is 5.32 Å². The molecule has 1 unspecified atom stereocenters. The molecule has 2 N–H and O–H groups in total. The summed E-state index contributed by atoms with van der Waals surface area (Å²) >= 11 is 0. The SMILES string of the molecule is CC(O)C(=O)Nc1ccc([N+](=O)[O-])c(C(F)(F)F)c1. The lowest BCUT2D eigenvalue weighted by Crippen LogP contribution is -2.24. The summed E-state index contributed by atoms with van der Waals surface area (Å²) < 4.78 is 37.9. The lowest BCUT2D eigenvalue weighted by Gasteiger charge is -2.11. The summed E-state index contributed by atoms with van der Waals surface area (Å²) in [6.45, 7) is 1.13. The molecule has 1 amide bonds. The van der Waals surface area contributed by atoms with Gasteiger partial charge >= 0.3 is 6.18 Å². The Labute approximate surface area is 105 Å². The van der Waals surface area contributed by atoms with Gasteiger partial charge in [0, 0.05) is 11.8 Å². The molecule has 0 saturated heterocycles. The summed E-state index contributed by atoms with van der Waals surface area (Å²) in [5.41, 5.74) is -2.87. The minimum absolute atomic E-state index is 0.288. The summed E-state index contributed by atoms with van der Waals surface area (Å²) in [5, 5.41) is 21.4. The fourth-order valence-electron chi connectivity index (χ4n) is 1.25. The van der Waals surface area contributed by atoms with Crippen LogP contribution in [0, 0.1) is 10.1 Å². The van der Waals surface area contributed by atoms with Gasteiger partial charge in [-0.15, -0.1) is 0 Å². The Bertz CT molecular complexity index is 514. The molecule has 104 valence electrons. The fraction of sp³-hybridized carbons (Fsp3) is 0.300. The quantitative estimate of drug-likeness (QED) is 0.652. The normalized spacial score (nSPS) is 12.9. The number of nitro benzene ring substituents is 1. The first-order chi connectivity index (χ1) is 8.62. The van der Waals surface area contributed by atoms with E-state index >= 15 is 0 Å². The third-order valence-corrected chi connectivity index (χ3v) is 2.15. The predicted molar refractivity (Wildman–Crippen MR) is 58.4 cm³/mol. The molecular formula is C10H9F3N2O4. The molecule has 0 bridgehead atoms. The van der Waals surface area contributed by atoms with E-state index in [1.807, 2.05) is 5.32 Å². The van der Waals surface area contributed by atoms with Gasteiger partial charge in [-0.05, 0) is 19.1 Å². The number of aliphatic hydroxyl groups is 1. The molecule has 19 heavy (non-hydrogen) atoms. The van der Waals surface area contributed by atoms with Crippen molar-refractivity contribution in [3.05, 3.63) is 33.9 Å². The molecule has 0 aliphatic rings. The minimum atomic E-state index is -4.92. The monoisotopic (exact) mass is 278 g/mol. The average molecular weight is 278 g/mol. The minimum Gasteiger partial charge on any atom is -0.384 e. The van der Waals surface area contributed by atoms with Crippen molar-refractivity contribution in [1.29, 1.82) is 0 Å². The molecule has 1 atom stereocenters. The molecule has 6 nitrogen and oxygen atoms in total. The number of nitro groups is 1. The van der Waals surface area contributed by atoms with Crippen LogP contribution in [0.25, 0.3) is 0 Å². The Morgan fingerprint density at radius 1 is 1.47 bits per heavy atom. The molecule has 0 radical (unpaired) electrons. The second-order valence-corrected chi connectivity index (χ2v) is 3.65. The molecule has 0 aromatic heterocycles. The maximum atomic E-state index is 12.6. The summed E-state index contributed by atoms with van der Waals surface area (Å²) in [6.07, 6.45) is -6.34. The van der Waals surface area contributed by atoms with Gasteiger partial charge in [-0.1, -0.05) is 0 Å². The number of alkyl halides is 3. The van der Waals surface area contributed by atoms with E-state index in [0.29, 0.717) is 12.1 Å². The first-order valence-corrected chi connectivity index (χ1v) is 4.97. The van der Waals surface area contributed by atoms with E-state index in [1.165, 1.54) is 0 Å². The van der Waals surface area contributed by atoms with Crippen molar-refractivity contribution in [2.45, 2.75) is 19.2 Å². The molecule has 1 aromatic rings. The molecule has 1 rings (SSSR count). The van der Waals surface area contributed by atoms with Crippen molar-refractivity contribution in [1.82, 2.24) is 0 Å². The largest absolute Gasteiger partial charge is 0.423 e. The molecule has 0 spiro atoms. The van der Waals surface area contributed by atoms with Gasteiger partial charge in [-0.3, -0.25) is 14.9 Å². The van der Waals surface area contributed by atoms with Crippen LogP contribution in [0.4, 0.5) is 24.5 Å². The number of amides is 1. The van der Waals surface area contributed by atoms with E-state index in [0.717, 1.165) is 13.0 Å². The van der Waals surface area contributed by atoms with Gasteiger partial charge in [-0.25, -0.2) is 0 Å². The van der Waals surface area contributed by atoms with E-state index in [-0.39, 0.29) is 5.69 Å². The number of carbonyl (C=O) groups is 1. The van der Waals surface area contributed by atoms with Crippen molar-refractivity contribution in [2.75, 3.05) is 5.32 Å². The number of hydrogen-bond acceptors (Lipinski definition) is 4. The van der Waals surface area contributed by atoms with Gasteiger partial charge in [0.2, 0.25) is 0 Å². The van der Waals surface area contributed by atoms with E-state index in [9.17, 15) is 28.1 Å². The third-order valence-electron chi connectivity index (χ3n) is 2.15. The van der Waals surface area contributed by atoms with Crippen LogP contribution in [0.1, 0.15) is 12.5 Å². The summed E-state index contributed by atoms with van der Waals surface area (Å²) in [4.78, 5) is 20.4. The van der Waals surface area contributed by atoms with Gasteiger partial charge in [0.15, 0.2) is 0 Å².